The van der Waals surface area contributed by atoms with Gasteiger partial charge in [0.1, 0.15) is 0 Å². The first-order chi connectivity index (χ1) is 9.79. The summed E-state index contributed by atoms with van der Waals surface area (Å²) in [5.74, 6) is -0.0550. The molecule has 1 aromatic carbocycles. The van der Waals surface area contributed by atoms with Gasteiger partial charge in [-0.25, -0.2) is 16.8 Å². The van der Waals surface area contributed by atoms with Crippen molar-refractivity contribution in [2.75, 3.05) is 25.4 Å². The van der Waals surface area contributed by atoms with Crippen LogP contribution in [0.25, 0.3) is 0 Å². The number of piperazine rings is 1. The first kappa shape index (κ1) is 16.4. The zero-order valence-corrected chi connectivity index (χ0v) is 13.7. The molecule has 1 N–H and O–H groups in total. The molecular weight excluding hydrogens is 312 g/mol. The quantitative estimate of drug-likeness (QED) is 0.866. The molecule has 2 rings (SSSR count). The average molecular weight is 332 g/mol. The molecule has 118 valence electrons. The maximum atomic E-state index is 12.7. The summed E-state index contributed by atoms with van der Waals surface area (Å²) in [5.41, 5.74) is 0. The van der Waals surface area contributed by atoms with Crippen molar-refractivity contribution in [1.29, 1.82) is 0 Å². The van der Waals surface area contributed by atoms with Crippen molar-refractivity contribution >= 4 is 19.9 Å². The van der Waals surface area contributed by atoms with E-state index in [1.54, 1.807) is 0 Å². The molecule has 8 heteroatoms. The average Bonchev–Trinajstić information content (AvgIpc) is 2.47. The highest BCUT2D eigenvalue weighted by molar-refractivity contribution is 7.91. The first-order valence-corrected chi connectivity index (χ1v) is 9.93. The van der Waals surface area contributed by atoms with Gasteiger partial charge in [0.15, 0.2) is 9.84 Å². The van der Waals surface area contributed by atoms with Gasteiger partial charge in [-0.1, -0.05) is 13.0 Å². The predicted molar refractivity (Wildman–Crippen MR) is 80.4 cm³/mol. The lowest BCUT2D eigenvalue weighted by Crippen LogP contribution is -2.52. The van der Waals surface area contributed by atoms with E-state index in [0.29, 0.717) is 19.6 Å². The number of sulfonamides is 1. The zero-order valence-electron chi connectivity index (χ0n) is 12.1. The molecule has 0 bridgehead atoms. The molecule has 1 aliphatic rings. The lowest BCUT2D eigenvalue weighted by Gasteiger charge is -2.32. The topological polar surface area (TPSA) is 83.5 Å². The number of nitrogens with zero attached hydrogens (tertiary/aromatic N) is 1. The van der Waals surface area contributed by atoms with E-state index in [2.05, 4.69) is 5.32 Å². The molecule has 1 saturated heterocycles. The highest BCUT2D eigenvalue weighted by atomic mass is 32.2. The van der Waals surface area contributed by atoms with Crippen LogP contribution in [0, 0.1) is 0 Å². The fourth-order valence-electron chi connectivity index (χ4n) is 2.31. The van der Waals surface area contributed by atoms with Gasteiger partial charge in [-0.3, -0.25) is 0 Å². The summed E-state index contributed by atoms with van der Waals surface area (Å²) >= 11 is 0. The molecule has 1 atom stereocenters. The number of nitrogens with one attached hydrogen (secondary N) is 1. The van der Waals surface area contributed by atoms with Crippen molar-refractivity contribution in [3.05, 3.63) is 24.3 Å². The SMILES string of the molecule is CCS(=O)(=O)c1cccc(S(=O)(=O)N2CCNC[C@@H]2C)c1. The second-order valence-corrected chi connectivity index (χ2v) is 9.22. The van der Waals surface area contributed by atoms with Crippen LogP contribution in [0.2, 0.25) is 0 Å². The van der Waals surface area contributed by atoms with Gasteiger partial charge in [-0.05, 0) is 25.1 Å². The van der Waals surface area contributed by atoms with Crippen LogP contribution in [0.3, 0.4) is 0 Å². The largest absolute Gasteiger partial charge is 0.314 e. The fourth-order valence-corrected chi connectivity index (χ4v) is 4.99. The summed E-state index contributed by atoms with van der Waals surface area (Å²) in [5, 5.41) is 3.13. The van der Waals surface area contributed by atoms with Crippen LogP contribution in [-0.4, -0.2) is 52.6 Å². The minimum Gasteiger partial charge on any atom is -0.314 e. The monoisotopic (exact) mass is 332 g/mol. The first-order valence-electron chi connectivity index (χ1n) is 6.84. The molecule has 0 amide bonds. The molecule has 0 aromatic heterocycles. The van der Waals surface area contributed by atoms with E-state index in [9.17, 15) is 16.8 Å². The van der Waals surface area contributed by atoms with Gasteiger partial charge >= 0.3 is 0 Å². The summed E-state index contributed by atoms with van der Waals surface area (Å²) in [7, 11) is -7.09. The fraction of sp³-hybridized carbons (Fsp3) is 0.538. The summed E-state index contributed by atoms with van der Waals surface area (Å²) in [4.78, 5) is 0.0830. The van der Waals surface area contributed by atoms with Crippen LogP contribution < -0.4 is 5.32 Å². The zero-order chi connectivity index (χ0) is 15.7. The molecule has 0 aliphatic carbocycles. The highest BCUT2D eigenvalue weighted by Gasteiger charge is 2.31. The van der Waals surface area contributed by atoms with Crippen LogP contribution in [0.1, 0.15) is 13.8 Å². The maximum Gasteiger partial charge on any atom is 0.243 e. The number of rotatable bonds is 4. The standard InChI is InChI=1S/C13H20N2O4S2/c1-3-20(16,17)12-5-4-6-13(9-12)21(18,19)15-8-7-14-10-11(15)2/h4-6,9,11,14H,3,7-8,10H2,1-2H3/t11-/m0/s1. The van der Waals surface area contributed by atoms with Crippen LogP contribution in [0.15, 0.2) is 34.1 Å². The summed E-state index contributed by atoms with van der Waals surface area (Å²) in [6.07, 6.45) is 0. The smallest absolute Gasteiger partial charge is 0.243 e. The summed E-state index contributed by atoms with van der Waals surface area (Å²) < 4.78 is 50.6. The molecule has 0 unspecified atom stereocenters. The third kappa shape index (κ3) is 3.28. The van der Waals surface area contributed by atoms with E-state index >= 15 is 0 Å². The van der Waals surface area contributed by atoms with Gasteiger partial charge in [-0.2, -0.15) is 4.31 Å². The number of sulfone groups is 1. The molecule has 1 aromatic rings. The van der Waals surface area contributed by atoms with Crippen molar-refractivity contribution in [1.82, 2.24) is 9.62 Å². The van der Waals surface area contributed by atoms with Crippen molar-refractivity contribution in [3.8, 4) is 0 Å². The molecule has 6 nitrogen and oxygen atoms in total. The molecule has 0 radical (unpaired) electrons. The predicted octanol–water partition coefficient (Wildman–Crippen LogP) is 0.463. The van der Waals surface area contributed by atoms with Crippen molar-refractivity contribution in [3.63, 3.8) is 0 Å². The summed E-state index contributed by atoms with van der Waals surface area (Å²) in [6, 6.07) is 5.44. The third-order valence-electron chi connectivity index (χ3n) is 3.59. The lowest BCUT2D eigenvalue weighted by atomic mass is 10.3. The normalized spacial score (nSPS) is 21.3. The van der Waals surface area contributed by atoms with Gasteiger partial charge < -0.3 is 5.32 Å². The number of hydrogen-bond donors (Lipinski definition) is 1. The lowest BCUT2D eigenvalue weighted by molar-refractivity contribution is 0.284. The molecule has 1 fully saturated rings. The van der Waals surface area contributed by atoms with E-state index in [1.807, 2.05) is 6.92 Å². The van der Waals surface area contributed by atoms with Gasteiger partial charge in [0.05, 0.1) is 15.5 Å². The molecular formula is C13H20N2O4S2. The van der Waals surface area contributed by atoms with Gasteiger partial charge in [-0.15, -0.1) is 0 Å². The van der Waals surface area contributed by atoms with E-state index in [-0.39, 0.29) is 21.6 Å². The minimum atomic E-state index is -3.67. The Morgan fingerprint density at radius 3 is 2.52 bits per heavy atom. The van der Waals surface area contributed by atoms with Crippen LogP contribution in [0.5, 0.6) is 0 Å². The van der Waals surface area contributed by atoms with Gasteiger partial charge in [0.25, 0.3) is 0 Å². The Kier molecular flexibility index (Phi) is 4.72. The van der Waals surface area contributed by atoms with Crippen LogP contribution in [0.4, 0.5) is 0 Å². The summed E-state index contributed by atoms with van der Waals surface area (Å²) in [6.45, 7) is 4.93. The Morgan fingerprint density at radius 1 is 1.24 bits per heavy atom. The maximum absolute atomic E-state index is 12.7. The van der Waals surface area contributed by atoms with Crippen molar-refractivity contribution in [2.24, 2.45) is 0 Å². The van der Waals surface area contributed by atoms with Gasteiger partial charge in [0, 0.05) is 25.7 Å². The van der Waals surface area contributed by atoms with E-state index in [4.69, 9.17) is 0 Å². The Morgan fingerprint density at radius 2 is 1.90 bits per heavy atom. The van der Waals surface area contributed by atoms with Gasteiger partial charge in [0.2, 0.25) is 10.0 Å². The van der Waals surface area contributed by atoms with Crippen LogP contribution >= 0.6 is 0 Å². The van der Waals surface area contributed by atoms with E-state index in [1.165, 1.54) is 35.5 Å². The Hall–Kier alpha value is -0.960. The Balaban J connectivity index is 2.44. The van der Waals surface area contributed by atoms with E-state index < -0.39 is 19.9 Å². The Bertz CT molecular complexity index is 713. The number of benzene rings is 1. The Labute approximate surface area is 126 Å². The number of hydrogen-bond acceptors (Lipinski definition) is 5. The van der Waals surface area contributed by atoms with Crippen LogP contribution in [-0.2, 0) is 19.9 Å². The molecule has 0 saturated carbocycles. The molecule has 1 heterocycles. The molecule has 1 aliphatic heterocycles. The third-order valence-corrected chi connectivity index (χ3v) is 7.33. The van der Waals surface area contributed by atoms with Crippen molar-refractivity contribution < 1.29 is 16.8 Å². The second-order valence-electron chi connectivity index (χ2n) is 5.05. The van der Waals surface area contributed by atoms with E-state index in [0.717, 1.165) is 0 Å². The second kappa shape index (κ2) is 6.04. The minimum absolute atomic E-state index is 0.0331. The molecule has 21 heavy (non-hydrogen) atoms. The molecule has 0 spiro atoms. The highest BCUT2D eigenvalue weighted by Crippen LogP contribution is 2.22. The van der Waals surface area contributed by atoms with Crippen molar-refractivity contribution in [2.45, 2.75) is 29.7 Å².